The minimum atomic E-state index is -0.178. The summed E-state index contributed by atoms with van der Waals surface area (Å²) in [7, 11) is 1.95. The predicted octanol–water partition coefficient (Wildman–Crippen LogP) is 3.93. The minimum Gasteiger partial charge on any atom is -0.381 e. The van der Waals surface area contributed by atoms with Crippen LogP contribution in [0.25, 0.3) is 5.57 Å². The molecular weight excluding hydrogens is 472 g/mol. The van der Waals surface area contributed by atoms with Crippen LogP contribution in [0.2, 0.25) is 0 Å². The number of nitrogens with two attached hydrogens (primary N) is 1. The van der Waals surface area contributed by atoms with E-state index in [1.54, 1.807) is 24.4 Å². The van der Waals surface area contributed by atoms with E-state index in [0.717, 1.165) is 36.4 Å². The van der Waals surface area contributed by atoms with Gasteiger partial charge in [-0.2, -0.15) is 0 Å². The monoisotopic (exact) mass is 508 g/mol. The summed E-state index contributed by atoms with van der Waals surface area (Å²) in [5.74, 6) is 0.723. The second kappa shape index (κ2) is 13.8. The Kier molecular flexibility index (Phi) is 10.5. The second-order valence-corrected chi connectivity index (χ2v) is 9.53. The number of carbonyl (C=O) groups excluding carboxylic acids is 1. The second-order valence-electron chi connectivity index (χ2n) is 9.09. The molecule has 0 bridgehead atoms. The van der Waals surface area contributed by atoms with E-state index >= 15 is 0 Å². The highest BCUT2D eigenvalue weighted by molar-refractivity contribution is 6.31. The first-order valence-electron chi connectivity index (χ1n) is 12.5. The molecule has 1 amide bonds. The van der Waals surface area contributed by atoms with Crippen LogP contribution >= 0.6 is 11.6 Å². The van der Waals surface area contributed by atoms with Gasteiger partial charge in [0.15, 0.2) is 11.3 Å². The molecule has 36 heavy (non-hydrogen) atoms. The number of halogens is 1. The van der Waals surface area contributed by atoms with Gasteiger partial charge in [0.1, 0.15) is 0 Å². The van der Waals surface area contributed by atoms with Gasteiger partial charge in [-0.25, -0.2) is 4.98 Å². The molecule has 0 radical (unpaired) electrons. The van der Waals surface area contributed by atoms with Crippen LogP contribution < -0.4 is 21.9 Å². The van der Waals surface area contributed by atoms with Gasteiger partial charge in [0.2, 0.25) is 0 Å². The molecule has 3 rings (SSSR count). The molecule has 4 N–H and O–H groups in total. The fraction of sp³-hybridized carbons (Fsp3) is 0.393. The smallest absolute Gasteiger partial charge is 0.251 e. The largest absolute Gasteiger partial charge is 0.381 e. The van der Waals surface area contributed by atoms with Crippen LogP contribution in [0, 0.1) is 5.92 Å². The molecule has 1 aliphatic heterocycles. The average molecular weight is 509 g/mol. The topological polar surface area (TPSA) is 97.3 Å². The predicted molar refractivity (Wildman–Crippen MR) is 149 cm³/mol. The maximum Gasteiger partial charge on any atom is 0.251 e. The maximum absolute atomic E-state index is 12.9. The van der Waals surface area contributed by atoms with Crippen molar-refractivity contribution in [1.29, 1.82) is 0 Å². The fourth-order valence-electron chi connectivity index (χ4n) is 4.14. The molecule has 0 spiro atoms. The lowest BCUT2D eigenvalue weighted by Gasteiger charge is -2.15. The maximum atomic E-state index is 12.9. The molecule has 1 fully saturated rings. The molecule has 1 saturated heterocycles. The summed E-state index contributed by atoms with van der Waals surface area (Å²) < 4.78 is 1.98. The highest BCUT2D eigenvalue weighted by atomic mass is 35.5. The highest BCUT2D eigenvalue weighted by Crippen LogP contribution is 2.22. The van der Waals surface area contributed by atoms with Crippen molar-refractivity contribution in [1.82, 2.24) is 20.2 Å². The Balaban J connectivity index is 1.78. The molecular formula is C28H37ClN6O. The fourth-order valence-corrected chi connectivity index (χ4v) is 4.20. The SMILES string of the molecule is C=C(/C=C\C(Cl)=C/C)CNC(=O)C1=CC=CCC(c2cnc(N)c(=NCC3CCCCNC3)n2C)=C1. The van der Waals surface area contributed by atoms with Crippen molar-refractivity contribution in [3.8, 4) is 0 Å². The zero-order chi connectivity index (χ0) is 25.9. The first kappa shape index (κ1) is 27.4. The zero-order valence-corrected chi connectivity index (χ0v) is 22.0. The Morgan fingerprint density at radius 3 is 3.06 bits per heavy atom. The van der Waals surface area contributed by atoms with E-state index < -0.39 is 0 Å². The van der Waals surface area contributed by atoms with E-state index in [1.807, 2.05) is 42.8 Å². The van der Waals surface area contributed by atoms with Gasteiger partial charge in [0.05, 0.1) is 11.9 Å². The Morgan fingerprint density at radius 1 is 1.42 bits per heavy atom. The van der Waals surface area contributed by atoms with Crippen LogP contribution in [0.3, 0.4) is 0 Å². The minimum absolute atomic E-state index is 0.178. The number of amides is 1. The van der Waals surface area contributed by atoms with Crippen LogP contribution in [-0.4, -0.2) is 41.6 Å². The summed E-state index contributed by atoms with van der Waals surface area (Å²) in [6, 6.07) is 0. The molecule has 192 valence electrons. The van der Waals surface area contributed by atoms with Crippen LogP contribution in [-0.2, 0) is 11.8 Å². The normalized spacial score (nSPS) is 19.5. The summed E-state index contributed by atoms with van der Waals surface area (Å²) in [6.07, 6.45) is 19.0. The Morgan fingerprint density at radius 2 is 2.25 bits per heavy atom. The zero-order valence-electron chi connectivity index (χ0n) is 21.3. The quantitative estimate of drug-likeness (QED) is 0.463. The van der Waals surface area contributed by atoms with Crippen LogP contribution in [0.4, 0.5) is 5.82 Å². The van der Waals surface area contributed by atoms with E-state index in [-0.39, 0.29) is 5.91 Å². The lowest BCUT2D eigenvalue weighted by molar-refractivity contribution is -0.117. The third-order valence-corrected chi connectivity index (χ3v) is 6.63. The Hall–Kier alpha value is -3.16. The van der Waals surface area contributed by atoms with Gasteiger partial charge < -0.3 is 20.9 Å². The van der Waals surface area contributed by atoms with Gasteiger partial charge >= 0.3 is 0 Å². The van der Waals surface area contributed by atoms with E-state index in [4.69, 9.17) is 22.3 Å². The number of nitrogens with one attached hydrogen (secondary N) is 2. The van der Waals surface area contributed by atoms with Crippen molar-refractivity contribution < 1.29 is 4.79 Å². The molecule has 8 heteroatoms. The van der Waals surface area contributed by atoms with Gasteiger partial charge in [-0.1, -0.05) is 48.9 Å². The van der Waals surface area contributed by atoms with Crippen molar-refractivity contribution in [2.75, 3.05) is 31.9 Å². The van der Waals surface area contributed by atoms with Crippen LogP contribution in [0.15, 0.2) is 76.5 Å². The number of allylic oxidation sites excluding steroid dienone is 7. The van der Waals surface area contributed by atoms with E-state index in [9.17, 15) is 4.79 Å². The van der Waals surface area contributed by atoms with Crippen molar-refractivity contribution >= 4 is 28.9 Å². The summed E-state index contributed by atoms with van der Waals surface area (Å²) in [6.45, 7) is 8.91. The first-order valence-corrected chi connectivity index (χ1v) is 12.8. The summed E-state index contributed by atoms with van der Waals surface area (Å²) in [4.78, 5) is 22.2. The Labute approximate surface area is 218 Å². The number of hydrogen-bond acceptors (Lipinski definition) is 5. The lowest BCUT2D eigenvalue weighted by Crippen LogP contribution is -2.29. The molecule has 1 aliphatic carbocycles. The highest BCUT2D eigenvalue weighted by Gasteiger charge is 2.15. The van der Waals surface area contributed by atoms with Gasteiger partial charge in [-0.15, -0.1) is 0 Å². The molecule has 1 aromatic rings. The van der Waals surface area contributed by atoms with Crippen molar-refractivity contribution in [3.63, 3.8) is 0 Å². The van der Waals surface area contributed by atoms with Crippen molar-refractivity contribution in [2.24, 2.45) is 18.0 Å². The average Bonchev–Trinajstić information content (AvgIpc) is 3.29. The molecule has 7 nitrogen and oxygen atoms in total. The molecule has 1 atom stereocenters. The standard InChI is InChI=1S/C28H37ClN6O/c1-4-24(29)13-12-20(2)16-34-28(36)23-11-6-5-10-22(15-23)25-19-32-26(30)27(35(25)3)33-18-21-9-7-8-14-31-17-21/h4-6,11-13,15,19,21,31H,2,7-10,14,16-18H2,1,3H3,(H2,30,32)(H,34,36)/b13-12-,24-4+,33-27?. The van der Waals surface area contributed by atoms with Crippen LogP contribution in [0.5, 0.6) is 0 Å². The molecule has 2 heterocycles. The number of nitrogens with zero attached hydrogens (tertiary/aromatic N) is 3. The van der Waals surface area contributed by atoms with E-state index in [1.165, 1.54) is 12.8 Å². The van der Waals surface area contributed by atoms with Crippen molar-refractivity contribution in [2.45, 2.75) is 32.6 Å². The molecule has 1 aromatic heterocycles. The van der Waals surface area contributed by atoms with Crippen molar-refractivity contribution in [3.05, 3.63) is 82.7 Å². The van der Waals surface area contributed by atoms with Gasteiger partial charge in [0, 0.05) is 30.7 Å². The number of anilines is 1. The molecule has 2 aliphatic rings. The number of aromatic nitrogens is 2. The van der Waals surface area contributed by atoms with Gasteiger partial charge in [0.25, 0.3) is 5.91 Å². The third kappa shape index (κ3) is 7.93. The van der Waals surface area contributed by atoms with E-state index in [0.29, 0.717) is 47.3 Å². The molecule has 0 aromatic carbocycles. The summed E-state index contributed by atoms with van der Waals surface area (Å²) in [5, 5.41) is 7.03. The number of carbonyl (C=O) groups is 1. The Bertz CT molecular complexity index is 1180. The van der Waals surface area contributed by atoms with Crippen LogP contribution in [0.1, 0.15) is 38.3 Å². The number of nitrogen functional groups attached to an aromatic ring is 1. The van der Waals surface area contributed by atoms with Gasteiger partial charge in [-0.05, 0) is 74.6 Å². The summed E-state index contributed by atoms with van der Waals surface area (Å²) in [5.41, 5.74) is 10.0. The lowest BCUT2D eigenvalue weighted by atomic mass is 10.0. The van der Waals surface area contributed by atoms with Gasteiger partial charge in [-0.3, -0.25) is 9.79 Å². The molecule has 0 saturated carbocycles. The van der Waals surface area contributed by atoms with E-state index in [2.05, 4.69) is 22.2 Å². The number of rotatable bonds is 8. The summed E-state index contributed by atoms with van der Waals surface area (Å²) >= 11 is 5.98. The third-order valence-electron chi connectivity index (χ3n) is 6.28. The first-order chi connectivity index (χ1) is 17.4. The molecule has 1 unspecified atom stereocenters. The number of hydrogen-bond donors (Lipinski definition) is 3.